The Bertz CT molecular complexity index is 976. The van der Waals surface area contributed by atoms with Gasteiger partial charge in [0.1, 0.15) is 16.9 Å². The first-order chi connectivity index (χ1) is 12.6. The highest BCUT2D eigenvalue weighted by Crippen LogP contribution is 2.30. The zero-order valence-electron chi connectivity index (χ0n) is 15.3. The molecule has 0 aromatic carbocycles. The fraction of sp³-hybridized carbons (Fsp3) is 0.350. The molecule has 5 nitrogen and oxygen atoms in total. The van der Waals surface area contributed by atoms with Crippen molar-refractivity contribution in [2.45, 2.75) is 40.0 Å². The van der Waals surface area contributed by atoms with Gasteiger partial charge in [0, 0.05) is 17.2 Å². The first kappa shape index (κ1) is 18.3. The number of rotatable bonds is 7. The van der Waals surface area contributed by atoms with Crippen LogP contribution < -0.4 is 5.56 Å². The molecule has 3 heterocycles. The lowest BCUT2D eigenvalue weighted by molar-refractivity contribution is 0.561. The minimum absolute atomic E-state index is 0.170. The van der Waals surface area contributed by atoms with Crippen LogP contribution in [0.2, 0.25) is 0 Å². The number of fused-ring (bicyclic) bond motifs is 1. The number of furan rings is 1. The molecule has 3 aromatic rings. The van der Waals surface area contributed by atoms with Crippen LogP contribution in [0.4, 0.5) is 0 Å². The third-order valence-corrected chi connectivity index (χ3v) is 5.08. The van der Waals surface area contributed by atoms with E-state index in [0.29, 0.717) is 21.9 Å². The molecule has 0 bridgehead atoms. The monoisotopic (exact) mass is 369 g/mol. The molecule has 136 valence electrons. The summed E-state index contributed by atoms with van der Waals surface area (Å²) in [5, 5.41) is 6.77. The molecule has 26 heavy (non-hydrogen) atoms. The van der Waals surface area contributed by atoms with Gasteiger partial charge in [0.15, 0.2) is 0 Å². The molecule has 1 atom stereocenters. The molecule has 0 radical (unpaired) electrons. The number of hydrogen-bond donors (Lipinski definition) is 0. The molecule has 0 spiro atoms. The van der Waals surface area contributed by atoms with E-state index in [9.17, 15) is 4.79 Å². The number of hydrogen-bond acceptors (Lipinski definition) is 5. The van der Waals surface area contributed by atoms with Crippen molar-refractivity contribution in [3.05, 3.63) is 52.1 Å². The molecule has 0 N–H and O–H groups in total. The Balaban J connectivity index is 1.76. The Morgan fingerprint density at radius 3 is 3.04 bits per heavy atom. The summed E-state index contributed by atoms with van der Waals surface area (Å²) < 4.78 is 6.75. The second kappa shape index (κ2) is 8.27. The van der Waals surface area contributed by atoms with Crippen molar-refractivity contribution in [1.29, 1.82) is 0 Å². The first-order valence-corrected chi connectivity index (χ1v) is 9.63. The van der Waals surface area contributed by atoms with E-state index in [4.69, 9.17) is 4.42 Å². The predicted octanol–water partition coefficient (Wildman–Crippen LogP) is 5.32. The average Bonchev–Trinajstić information content (AvgIpc) is 3.25. The van der Waals surface area contributed by atoms with E-state index in [-0.39, 0.29) is 5.56 Å². The highest BCUT2D eigenvalue weighted by atomic mass is 32.1. The summed E-state index contributed by atoms with van der Waals surface area (Å²) in [7, 11) is 0. The van der Waals surface area contributed by atoms with Crippen molar-refractivity contribution in [3.8, 4) is 11.3 Å². The predicted molar refractivity (Wildman–Crippen MR) is 108 cm³/mol. The molecule has 0 saturated carbocycles. The van der Waals surface area contributed by atoms with Crippen LogP contribution in [0.15, 0.2) is 56.1 Å². The van der Waals surface area contributed by atoms with Crippen molar-refractivity contribution in [2.75, 3.05) is 0 Å². The van der Waals surface area contributed by atoms with Crippen LogP contribution >= 0.6 is 11.3 Å². The van der Waals surface area contributed by atoms with E-state index in [2.05, 4.69) is 36.9 Å². The van der Waals surface area contributed by atoms with E-state index in [1.54, 1.807) is 12.5 Å². The normalized spacial score (nSPS) is 12.7. The zero-order chi connectivity index (χ0) is 18.5. The molecule has 3 aromatic heterocycles. The quantitative estimate of drug-likeness (QED) is 0.418. The van der Waals surface area contributed by atoms with Gasteiger partial charge >= 0.3 is 0 Å². The minimum atomic E-state index is -0.170. The van der Waals surface area contributed by atoms with E-state index in [0.717, 1.165) is 24.8 Å². The van der Waals surface area contributed by atoms with Gasteiger partial charge in [-0.25, -0.2) is 4.98 Å². The Morgan fingerprint density at radius 1 is 1.46 bits per heavy atom. The maximum Gasteiger partial charge on any atom is 0.283 e. The fourth-order valence-corrected chi connectivity index (χ4v) is 3.59. The van der Waals surface area contributed by atoms with Crippen molar-refractivity contribution in [2.24, 2.45) is 11.0 Å². The summed E-state index contributed by atoms with van der Waals surface area (Å²) in [5.41, 5.74) is 1.95. The molecule has 6 heteroatoms. The second-order valence-electron chi connectivity index (χ2n) is 6.70. The van der Waals surface area contributed by atoms with Crippen LogP contribution in [0, 0.1) is 5.92 Å². The molecule has 0 aliphatic carbocycles. The highest BCUT2D eigenvalue weighted by Gasteiger charge is 2.14. The van der Waals surface area contributed by atoms with Crippen molar-refractivity contribution >= 4 is 27.8 Å². The number of allylic oxidation sites excluding steroid dienone is 2. The van der Waals surface area contributed by atoms with Crippen LogP contribution in [0.3, 0.4) is 0 Å². The third-order valence-electron chi connectivity index (χ3n) is 4.19. The van der Waals surface area contributed by atoms with Gasteiger partial charge in [-0.05, 0) is 51.2 Å². The molecule has 3 rings (SSSR count). The standard InChI is InChI=1S/C20H23N3O2S/c1-14(2)6-4-7-15(3)9-10-22-23-13-21-19-18(20(23)24)16(12-26-19)17-8-5-11-25-17/h5-6,8,10-13,15H,4,7,9H2,1-3H3/b22-10-/t15-/m1/s1. The molecule has 0 aliphatic heterocycles. The smallest absolute Gasteiger partial charge is 0.283 e. The Morgan fingerprint density at radius 2 is 2.31 bits per heavy atom. The maximum absolute atomic E-state index is 12.8. The zero-order valence-corrected chi connectivity index (χ0v) is 16.1. The van der Waals surface area contributed by atoms with Gasteiger partial charge in [0.05, 0.1) is 11.6 Å². The molecular weight excluding hydrogens is 346 g/mol. The minimum Gasteiger partial charge on any atom is -0.464 e. The van der Waals surface area contributed by atoms with Gasteiger partial charge in [0.25, 0.3) is 5.56 Å². The van der Waals surface area contributed by atoms with Crippen molar-refractivity contribution < 1.29 is 4.42 Å². The molecule has 0 aliphatic rings. The van der Waals surface area contributed by atoms with Crippen molar-refractivity contribution in [3.63, 3.8) is 0 Å². The van der Waals surface area contributed by atoms with Gasteiger partial charge in [-0.1, -0.05) is 18.6 Å². The van der Waals surface area contributed by atoms with Gasteiger partial charge < -0.3 is 4.42 Å². The van der Waals surface area contributed by atoms with Crippen LogP contribution in [0.25, 0.3) is 21.5 Å². The topological polar surface area (TPSA) is 60.4 Å². The molecular formula is C20H23N3O2S. The summed E-state index contributed by atoms with van der Waals surface area (Å²) in [6.07, 6.45) is 10.2. The molecule has 0 amide bonds. The van der Waals surface area contributed by atoms with Gasteiger partial charge in [-0.15, -0.1) is 11.3 Å². The lowest BCUT2D eigenvalue weighted by Gasteiger charge is -2.06. The number of thiophene rings is 1. The lowest BCUT2D eigenvalue weighted by Crippen LogP contribution is -2.16. The summed E-state index contributed by atoms with van der Waals surface area (Å²) >= 11 is 1.43. The third kappa shape index (κ3) is 4.19. The molecule has 0 unspecified atom stereocenters. The van der Waals surface area contributed by atoms with Crippen LogP contribution in [0.5, 0.6) is 0 Å². The summed E-state index contributed by atoms with van der Waals surface area (Å²) in [6.45, 7) is 6.43. The second-order valence-corrected chi connectivity index (χ2v) is 7.56. The fourth-order valence-electron chi connectivity index (χ4n) is 2.71. The van der Waals surface area contributed by atoms with Crippen LogP contribution in [-0.2, 0) is 0 Å². The lowest BCUT2D eigenvalue weighted by atomic mass is 10.0. The molecule has 0 fully saturated rings. The summed E-state index contributed by atoms with van der Waals surface area (Å²) in [5.74, 6) is 1.19. The summed E-state index contributed by atoms with van der Waals surface area (Å²) in [4.78, 5) is 17.8. The van der Waals surface area contributed by atoms with Gasteiger partial charge in [0.2, 0.25) is 0 Å². The van der Waals surface area contributed by atoms with Gasteiger partial charge in [-0.3, -0.25) is 4.79 Å². The van der Waals surface area contributed by atoms with E-state index in [1.807, 2.05) is 17.5 Å². The molecule has 0 saturated heterocycles. The Kier molecular flexibility index (Phi) is 5.83. The van der Waals surface area contributed by atoms with Crippen LogP contribution in [0.1, 0.15) is 40.0 Å². The van der Waals surface area contributed by atoms with Crippen LogP contribution in [-0.4, -0.2) is 15.9 Å². The maximum atomic E-state index is 12.8. The highest BCUT2D eigenvalue weighted by molar-refractivity contribution is 7.17. The number of nitrogens with zero attached hydrogens (tertiary/aromatic N) is 3. The Hall–Kier alpha value is -2.47. The SMILES string of the molecule is CC(C)=CCC[C@@H](C)C/C=N\n1cnc2scc(-c3ccco3)c2c1=O. The Labute approximate surface area is 156 Å². The van der Waals surface area contributed by atoms with Crippen molar-refractivity contribution in [1.82, 2.24) is 9.66 Å². The van der Waals surface area contributed by atoms with E-state index < -0.39 is 0 Å². The van der Waals surface area contributed by atoms with E-state index >= 15 is 0 Å². The first-order valence-electron chi connectivity index (χ1n) is 8.75. The van der Waals surface area contributed by atoms with E-state index in [1.165, 1.54) is 27.9 Å². The number of aromatic nitrogens is 2. The largest absolute Gasteiger partial charge is 0.464 e. The summed E-state index contributed by atoms with van der Waals surface area (Å²) in [6, 6.07) is 3.65. The average molecular weight is 369 g/mol. The van der Waals surface area contributed by atoms with Gasteiger partial charge in [-0.2, -0.15) is 9.78 Å².